The van der Waals surface area contributed by atoms with Gasteiger partial charge in [0.2, 0.25) is 0 Å². The van der Waals surface area contributed by atoms with Crippen LogP contribution in [0, 0.1) is 5.92 Å². The molecule has 1 heterocycles. The lowest BCUT2D eigenvalue weighted by molar-refractivity contribution is 0.503. The molecule has 0 aromatic carbocycles. The van der Waals surface area contributed by atoms with Crippen LogP contribution < -0.4 is 5.32 Å². The molecule has 2 rings (SSSR count). The van der Waals surface area contributed by atoms with Gasteiger partial charge in [0, 0.05) is 5.54 Å². The summed E-state index contributed by atoms with van der Waals surface area (Å²) < 4.78 is 0. The Balaban J connectivity index is 1.82. The Labute approximate surface area is 63.2 Å². The predicted molar refractivity (Wildman–Crippen MR) is 43.0 cm³/mol. The molecule has 0 bridgehead atoms. The number of hydrogen-bond acceptors (Lipinski definition) is 1. The average Bonchev–Trinajstić information content (AvgIpc) is 2.52. The summed E-state index contributed by atoms with van der Waals surface area (Å²) in [4.78, 5) is 0. The molecule has 1 unspecified atom stereocenters. The van der Waals surface area contributed by atoms with E-state index >= 15 is 0 Å². The van der Waals surface area contributed by atoms with E-state index < -0.39 is 0 Å². The molecule has 10 heavy (non-hydrogen) atoms. The van der Waals surface area contributed by atoms with Gasteiger partial charge >= 0.3 is 0 Å². The molecule has 0 aromatic rings. The third kappa shape index (κ3) is 1.07. The zero-order chi connectivity index (χ0) is 7.03. The van der Waals surface area contributed by atoms with Gasteiger partial charge in [0.1, 0.15) is 0 Å². The quantitative estimate of drug-likeness (QED) is 0.616. The molecule has 0 amide bonds. The highest BCUT2D eigenvalue weighted by Gasteiger charge is 2.47. The van der Waals surface area contributed by atoms with Crippen LogP contribution in [0.1, 0.15) is 39.0 Å². The Kier molecular flexibility index (Phi) is 1.48. The first-order valence-corrected chi connectivity index (χ1v) is 4.60. The Morgan fingerprint density at radius 3 is 2.80 bits per heavy atom. The second kappa shape index (κ2) is 2.23. The third-order valence-electron chi connectivity index (χ3n) is 3.00. The van der Waals surface area contributed by atoms with Crippen molar-refractivity contribution in [2.24, 2.45) is 5.92 Å². The summed E-state index contributed by atoms with van der Waals surface area (Å²) in [5.74, 6) is 1.01. The molecule has 0 aromatic heterocycles. The van der Waals surface area contributed by atoms with E-state index in [-0.39, 0.29) is 0 Å². The minimum atomic E-state index is 0.667. The Hall–Kier alpha value is -0.0400. The summed E-state index contributed by atoms with van der Waals surface area (Å²) in [5.41, 5.74) is 0.667. The zero-order valence-electron chi connectivity index (χ0n) is 6.82. The molecular weight excluding hydrogens is 122 g/mol. The van der Waals surface area contributed by atoms with E-state index in [9.17, 15) is 0 Å². The van der Waals surface area contributed by atoms with Crippen molar-refractivity contribution >= 4 is 0 Å². The lowest BCUT2D eigenvalue weighted by atomic mass is 10.00. The fourth-order valence-corrected chi connectivity index (χ4v) is 2.20. The number of rotatable bonds is 2. The smallest absolute Gasteiger partial charge is 0.0186 e. The van der Waals surface area contributed by atoms with Crippen molar-refractivity contribution in [2.75, 3.05) is 6.54 Å². The summed E-state index contributed by atoms with van der Waals surface area (Å²) in [6, 6.07) is 0. The maximum absolute atomic E-state index is 3.64. The Bertz CT molecular complexity index is 127. The zero-order valence-corrected chi connectivity index (χ0v) is 6.82. The van der Waals surface area contributed by atoms with Crippen molar-refractivity contribution in [3.8, 4) is 0 Å². The van der Waals surface area contributed by atoms with E-state index in [1.165, 1.54) is 38.6 Å². The van der Waals surface area contributed by atoms with E-state index in [0.717, 1.165) is 5.92 Å². The summed E-state index contributed by atoms with van der Waals surface area (Å²) in [7, 11) is 0. The van der Waals surface area contributed by atoms with Gasteiger partial charge in [-0.1, -0.05) is 13.3 Å². The molecular formula is C9H17N. The minimum absolute atomic E-state index is 0.667. The van der Waals surface area contributed by atoms with Crippen molar-refractivity contribution in [3.63, 3.8) is 0 Å². The van der Waals surface area contributed by atoms with Gasteiger partial charge in [-0.25, -0.2) is 0 Å². The lowest BCUT2D eigenvalue weighted by Gasteiger charge is -2.05. The number of nitrogens with one attached hydrogen (secondary N) is 1. The number of hydrogen-bond donors (Lipinski definition) is 1. The van der Waals surface area contributed by atoms with Crippen LogP contribution in [0.25, 0.3) is 0 Å². The molecule has 1 N–H and O–H groups in total. The second-order valence-corrected chi connectivity index (χ2v) is 4.02. The first-order chi connectivity index (χ1) is 4.85. The summed E-state index contributed by atoms with van der Waals surface area (Å²) in [6.07, 6.45) is 7.18. The second-order valence-electron chi connectivity index (χ2n) is 4.02. The van der Waals surface area contributed by atoms with Gasteiger partial charge in [0.15, 0.2) is 0 Å². The highest BCUT2D eigenvalue weighted by Crippen LogP contribution is 2.45. The molecule has 1 aliphatic heterocycles. The molecule has 1 saturated heterocycles. The average molecular weight is 139 g/mol. The lowest BCUT2D eigenvalue weighted by Crippen LogP contribution is -2.22. The first-order valence-electron chi connectivity index (χ1n) is 4.60. The summed E-state index contributed by atoms with van der Waals surface area (Å²) in [5, 5.41) is 3.64. The van der Waals surface area contributed by atoms with Gasteiger partial charge in [-0.2, -0.15) is 0 Å². The van der Waals surface area contributed by atoms with Crippen molar-refractivity contribution in [3.05, 3.63) is 0 Å². The van der Waals surface area contributed by atoms with Crippen LogP contribution in [0.15, 0.2) is 0 Å². The van der Waals surface area contributed by atoms with E-state index in [1.807, 2.05) is 0 Å². The topological polar surface area (TPSA) is 12.0 Å². The molecule has 1 spiro atoms. The maximum Gasteiger partial charge on any atom is 0.0186 e. The van der Waals surface area contributed by atoms with E-state index in [4.69, 9.17) is 0 Å². The molecule has 1 aliphatic carbocycles. The molecule has 0 radical (unpaired) electrons. The predicted octanol–water partition coefficient (Wildman–Crippen LogP) is 1.93. The van der Waals surface area contributed by atoms with Crippen molar-refractivity contribution in [2.45, 2.75) is 44.6 Å². The molecule has 1 nitrogen and oxygen atoms in total. The van der Waals surface area contributed by atoms with Crippen molar-refractivity contribution in [1.82, 2.24) is 5.32 Å². The summed E-state index contributed by atoms with van der Waals surface area (Å²) >= 11 is 0. The molecule has 58 valence electrons. The van der Waals surface area contributed by atoms with Crippen LogP contribution in [0.2, 0.25) is 0 Å². The Morgan fingerprint density at radius 2 is 2.30 bits per heavy atom. The van der Waals surface area contributed by atoms with Crippen LogP contribution in [-0.2, 0) is 0 Å². The van der Waals surface area contributed by atoms with Crippen LogP contribution in [-0.4, -0.2) is 12.1 Å². The highest BCUT2D eigenvalue weighted by atomic mass is 15.1. The van der Waals surface area contributed by atoms with Crippen LogP contribution >= 0.6 is 0 Å². The van der Waals surface area contributed by atoms with E-state index in [1.54, 1.807) is 0 Å². The largest absolute Gasteiger partial charge is 0.311 e. The van der Waals surface area contributed by atoms with Crippen LogP contribution in [0.4, 0.5) is 0 Å². The van der Waals surface area contributed by atoms with E-state index in [2.05, 4.69) is 12.2 Å². The fourth-order valence-electron chi connectivity index (χ4n) is 2.20. The monoisotopic (exact) mass is 139 g/mol. The van der Waals surface area contributed by atoms with E-state index in [0.29, 0.717) is 5.54 Å². The molecule has 1 heteroatoms. The normalized spacial score (nSPS) is 35.1. The molecule has 2 aliphatic rings. The van der Waals surface area contributed by atoms with Gasteiger partial charge in [-0.3, -0.25) is 0 Å². The highest BCUT2D eigenvalue weighted by molar-refractivity contribution is 5.07. The molecule has 1 atom stereocenters. The van der Waals surface area contributed by atoms with Gasteiger partial charge < -0.3 is 5.32 Å². The minimum Gasteiger partial charge on any atom is -0.311 e. The Morgan fingerprint density at radius 1 is 1.50 bits per heavy atom. The summed E-state index contributed by atoms with van der Waals surface area (Å²) in [6.45, 7) is 3.59. The third-order valence-corrected chi connectivity index (χ3v) is 3.00. The van der Waals surface area contributed by atoms with Crippen LogP contribution in [0.5, 0.6) is 0 Å². The van der Waals surface area contributed by atoms with Crippen molar-refractivity contribution in [1.29, 1.82) is 0 Å². The first kappa shape index (κ1) is 6.66. The van der Waals surface area contributed by atoms with Gasteiger partial charge in [0.25, 0.3) is 0 Å². The standard InChI is InChI=1S/C9H17N/c1-2-3-8-6-9(4-5-9)10-7-8/h8,10H,2-7H2,1H3. The fraction of sp³-hybridized carbons (Fsp3) is 1.00. The van der Waals surface area contributed by atoms with Gasteiger partial charge in [-0.15, -0.1) is 0 Å². The van der Waals surface area contributed by atoms with Gasteiger partial charge in [-0.05, 0) is 38.1 Å². The van der Waals surface area contributed by atoms with Crippen molar-refractivity contribution < 1.29 is 0 Å². The molecule has 2 fully saturated rings. The molecule has 1 saturated carbocycles. The van der Waals surface area contributed by atoms with Crippen LogP contribution in [0.3, 0.4) is 0 Å². The SMILES string of the molecule is CCCC1CNC2(CC2)C1. The van der Waals surface area contributed by atoms with Gasteiger partial charge in [0.05, 0.1) is 0 Å². The maximum atomic E-state index is 3.64.